The van der Waals surface area contributed by atoms with E-state index in [9.17, 15) is 0 Å². The molecule has 0 aromatic heterocycles. The molecule has 0 rings (SSSR count). The van der Waals surface area contributed by atoms with Crippen molar-refractivity contribution in [3.8, 4) is 0 Å². The Morgan fingerprint density at radius 1 is 1.50 bits per heavy atom. The van der Waals surface area contributed by atoms with Crippen LogP contribution in [-0.4, -0.2) is 19.1 Å². The zero-order valence-electron chi connectivity index (χ0n) is 8.50. The van der Waals surface area contributed by atoms with Crippen LogP contribution in [0.15, 0.2) is 11.8 Å². The van der Waals surface area contributed by atoms with Crippen LogP contribution in [0.25, 0.3) is 0 Å². The molecule has 0 unspecified atom stereocenters. The third-order valence-electron chi connectivity index (χ3n) is 1.44. The highest BCUT2D eigenvalue weighted by molar-refractivity contribution is 7.37. The number of hydrogen-bond acceptors (Lipinski definition) is 1. The molecular weight excluding hydrogens is 167 g/mol. The van der Waals surface area contributed by atoms with E-state index in [0.29, 0.717) is 0 Å². The summed E-state index contributed by atoms with van der Waals surface area (Å²) in [5, 5.41) is 0. The van der Waals surface area contributed by atoms with Crippen LogP contribution in [0.4, 0.5) is 0 Å². The van der Waals surface area contributed by atoms with Crippen LogP contribution in [0.1, 0.15) is 27.2 Å². The maximum absolute atomic E-state index is 5.43. The fraction of sp³-hybridized carbons (Fsp3) is 0.700. The first-order chi connectivity index (χ1) is 5.66. The highest BCUT2D eigenvalue weighted by atomic mass is 31.1. The van der Waals surface area contributed by atoms with Crippen LogP contribution in [0.5, 0.6) is 0 Å². The van der Waals surface area contributed by atoms with Crippen LogP contribution < -0.4 is 0 Å². The average molecular weight is 186 g/mol. The van der Waals surface area contributed by atoms with E-state index in [1.165, 1.54) is 8.20 Å². The predicted molar refractivity (Wildman–Crippen MR) is 58.1 cm³/mol. The SMILES string of the molecule is CP=CCO/C(C)=C\CC(C)C. The Morgan fingerprint density at radius 2 is 2.17 bits per heavy atom. The molecular formula is C10H19OP. The predicted octanol–water partition coefficient (Wildman–Crippen LogP) is 3.33. The summed E-state index contributed by atoms with van der Waals surface area (Å²) < 4.78 is 5.43. The van der Waals surface area contributed by atoms with Crippen LogP contribution >= 0.6 is 8.20 Å². The molecule has 0 amide bonds. The molecule has 0 saturated carbocycles. The van der Waals surface area contributed by atoms with Gasteiger partial charge in [0, 0.05) is 0 Å². The smallest absolute Gasteiger partial charge is 0.110 e. The fourth-order valence-corrected chi connectivity index (χ4v) is 0.927. The van der Waals surface area contributed by atoms with Crippen molar-refractivity contribution < 1.29 is 4.74 Å². The van der Waals surface area contributed by atoms with E-state index in [1.54, 1.807) is 0 Å². The first kappa shape index (κ1) is 11.7. The van der Waals surface area contributed by atoms with E-state index < -0.39 is 0 Å². The van der Waals surface area contributed by atoms with Crippen molar-refractivity contribution in [2.75, 3.05) is 13.3 Å². The lowest BCUT2D eigenvalue weighted by Gasteiger charge is -2.03. The molecule has 0 saturated heterocycles. The zero-order chi connectivity index (χ0) is 9.40. The van der Waals surface area contributed by atoms with Gasteiger partial charge in [-0.25, -0.2) is 0 Å². The number of ether oxygens (including phenoxy) is 1. The van der Waals surface area contributed by atoms with E-state index in [-0.39, 0.29) is 0 Å². The van der Waals surface area contributed by atoms with E-state index in [1.807, 2.05) is 6.92 Å². The van der Waals surface area contributed by atoms with Gasteiger partial charge in [0.25, 0.3) is 0 Å². The van der Waals surface area contributed by atoms with Crippen molar-refractivity contribution in [3.63, 3.8) is 0 Å². The lowest BCUT2D eigenvalue weighted by atomic mass is 10.1. The van der Waals surface area contributed by atoms with Crippen LogP contribution in [-0.2, 0) is 4.74 Å². The summed E-state index contributed by atoms with van der Waals surface area (Å²) in [4.78, 5) is 0. The third-order valence-corrected chi connectivity index (χ3v) is 1.96. The van der Waals surface area contributed by atoms with Crippen molar-refractivity contribution in [1.82, 2.24) is 0 Å². The summed E-state index contributed by atoms with van der Waals surface area (Å²) in [6, 6.07) is 0. The minimum atomic E-state index is 0.719. The van der Waals surface area contributed by atoms with E-state index in [0.717, 1.165) is 24.7 Å². The van der Waals surface area contributed by atoms with Gasteiger partial charge < -0.3 is 4.74 Å². The zero-order valence-corrected chi connectivity index (χ0v) is 9.40. The number of hydrogen-bond donors (Lipinski definition) is 0. The Kier molecular flexibility index (Phi) is 7.19. The fourth-order valence-electron chi connectivity index (χ4n) is 0.704. The third kappa shape index (κ3) is 7.81. The molecule has 0 aromatic rings. The monoisotopic (exact) mass is 186 g/mol. The Labute approximate surface area is 77.6 Å². The first-order valence-electron chi connectivity index (χ1n) is 4.37. The molecule has 0 bridgehead atoms. The maximum Gasteiger partial charge on any atom is 0.110 e. The van der Waals surface area contributed by atoms with Gasteiger partial charge in [-0.2, -0.15) is 0 Å². The summed E-state index contributed by atoms with van der Waals surface area (Å²) in [6.45, 7) is 9.26. The van der Waals surface area contributed by atoms with Gasteiger partial charge in [0.05, 0.1) is 5.76 Å². The topological polar surface area (TPSA) is 9.23 Å². The Morgan fingerprint density at radius 3 is 2.67 bits per heavy atom. The Balaban J connectivity index is 3.55. The molecule has 0 fully saturated rings. The highest BCUT2D eigenvalue weighted by Gasteiger charge is 1.91. The van der Waals surface area contributed by atoms with Crippen LogP contribution in [0, 0.1) is 5.92 Å². The highest BCUT2D eigenvalue weighted by Crippen LogP contribution is 2.04. The second-order valence-electron chi connectivity index (χ2n) is 3.20. The minimum Gasteiger partial charge on any atom is -0.494 e. The normalized spacial score (nSPS) is 12.9. The minimum absolute atomic E-state index is 0.719. The summed E-state index contributed by atoms with van der Waals surface area (Å²) in [5.74, 6) is 3.87. The van der Waals surface area contributed by atoms with Crippen molar-refractivity contribution in [2.45, 2.75) is 27.2 Å². The molecule has 70 valence electrons. The molecule has 0 radical (unpaired) electrons. The van der Waals surface area contributed by atoms with Gasteiger partial charge >= 0.3 is 0 Å². The molecule has 2 heteroatoms. The second-order valence-corrected chi connectivity index (χ2v) is 4.08. The molecule has 0 aromatic carbocycles. The number of rotatable bonds is 5. The van der Waals surface area contributed by atoms with Crippen molar-refractivity contribution >= 4 is 14.0 Å². The lowest BCUT2D eigenvalue weighted by Crippen LogP contribution is -1.92. The van der Waals surface area contributed by atoms with Crippen molar-refractivity contribution in [2.24, 2.45) is 5.92 Å². The van der Waals surface area contributed by atoms with E-state index in [4.69, 9.17) is 4.74 Å². The molecule has 0 aliphatic heterocycles. The van der Waals surface area contributed by atoms with Gasteiger partial charge in [0.2, 0.25) is 0 Å². The van der Waals surface area contributed by atoms with Crippen molar-refractivity contribution in [1.29, 1.82) is 0 Å². The van der Waals surface area contributed by atoms with Gasteiger partial charge in [-0.05, 0) is 37.8 Å². The average Bonchev–Trinajstić information content (AvgIpc) is 2.01. The first-order valence-corrected chi connectivity index (χ1v) is 5.78. The Hall–Kier alpha value is -0.290. The molecule has 0 heterocycles. The Bertz CT molecular complexity index is 159. The van der Waals surface area contributed by atoms with E-state index in [2.05, 4.69) is 32.4 Å². The van der Waals surface area contributed by atoms with Gasteiger partial charge in [-0.15, -0.1) is 8.20 Å². The van der Waals surface area contributed by atoms with Crippen LogP contribution in [0.2, 0.25) is 0 Å². The van der Waals surface area contributed by atoms with Gasteiger partial charge in [0.1, 0.15) is 6.61 Å². The molecule has 12 heavy (non-hydrogen) atoms. The standard InChI is InChI=1S/C10H19OP/c1-9(2)5-6-10(3)11-7-8-12-4/h6,8-9H,5,7H2,1-4H3/b10-6-. The largest absolute Gasteiger partial charge is 0.494 e. The van der Waals surface area contributed by atoms with Crippen LogP contribution in [0.3, 0.4) is 0 Å². The lowest BCUT2D eigenvalue weighted by molar-refractivity contribution is 0.263. The molecule has 0 spiro atoms. The number of allylic oxidation sites excluding steroid dienone is 2. The molecule has 0 atom stereocenters. The molecule has 0 N–H and O–H groups in total. The molecule has 0 aliphatic rings. The van der Waals surface area contributed by atoms with Gasteiger partial charge in [-0.3, -0.25) is 0 Å². The summed E-state index contributed by atoms with van der Waals surface area (Å²) in [7, 11) is 1.28. The van der Waals surface area contributed by atoms with Gasteiger partial charge in [-0.1, -0.05) is 13.8 Å². The summed E-state index contributed by atoms with van der Waals surface area (Å²) in [5.41, 5.74) is 0. The maximum atomic E-state index is 5.43. The van der Waals surface area contributed by atoms with Gasteiger partial charge in [0.15, 0.2) is 0 Å². The summed E-state index contributed by atoms with van der Waals surface area (Å²) >= 11 is 0. The molecule has 0 aliphatic carbocycles. The second kappa shape index (κ2) is 7.36. The van der Waals surface area contributed by atoms with E-state index >= 15 is 0 Å². The van der Waals surface area contributed by atoms with Crippen molar-refractivity contribution in [3.05, 3.63) is 11.8 Å². The molecule has 1 nitrogen and oxygen atoms in total. The quantitative estimate of drug-likeness (QED) is 0.472. The summed E-state index contributed by atoms with van der Waals surface area (Å²) in [6.07, 6.45) is 3.26.